The van der Waals surface area contributed by atoms with Crippen molar-refractivity contribution in [1.29, 1.82) is 5.26 Å². The summed E-state index contributed by atoms with van der Waals surface area (Å²) in [7, 11) is 0. The zero-order valence-corrected chi connectivity index (χ0v) is 11.0. The van der Waals surface area contributed by atoms with Crippen LogP contribution in [-0.4, -0.2) is 18.3 Å². The molecule has 0 amide bonds. The highest BCUT2D eigenvalue weighted by Gasteiger charge is 2.24. The van der Waals surface area contributed by atoms with Crippen LogP contribution in [0.1, 0.15) is 32.3 Å². The van der Waals surface area contributed by atoms with Gasteiger partial charge >= 0.3 is 0 Å². The Morgan fingerprint density at radius 3 is 2.56 bits per heavy atom. The average Bonchev–Trinajstić information content (AvgIpc) is 2.42. The molecule has 98 valence electrons. The fourth-order valence-corrected chi connectivity index (χ4v) is 1.83. The molecule has 4 heteroatoms. The number of hydrogen-bond donors (Lipinski definition) is 3. The van der Waals surface area contributed by atoms with Gasteiger partial charge in [0, 0.05) is 23.3 Å². The van der Waals surface area contributed by atoms with E-state index in [2.05, 4.69) is 25.2 Å². The second-order valence-corrected chi connectivity index (χ2v) is 4.63. The Bertz CT molecular complexity index is 425. The third kappa shape index (κ3) is 3.14. The van der Waals surface area contributed by atoms with Gasteiger partial charge in [0.15, 0.2) is 0 Å². The van der Waals surface area contributed by atoms with Gasteiger partial charge in [-0.15, -0.1) is 0 Å². The van der Waals surface area contributed by atoms with Gasteiger partial charge in [-0.1, -0.05) is 13.8 Å². The molecule has 0 radical (unpaired) electrons. The summed E-state index contributed by atoms with van der Waals surface area (Å²) in [5.74, 6) is 0. The third-order valence-electron chi connectivity index (χ3n) is 3.68. The van der Waals surface area contributed by atoms with Crippen molar-refractivity contribution in [2.75, 3.05) is 24.2 Å². The fourth-order valence-electron chi connectivity index (χ4n) is 1.83. The lowest BCUT2D eigenvalue weighted by molar-refractivity contribution is 0.127. The molecule has 0 aliphatic carbocycles. The van der Waals surface area contributed by atoms with Gasteiger partial charge in [0.1, 0.15) is 6.07 Å². The van der Waals surface area contributed by atoms with Crippen molar-refractivity contribution in [3.63, 3.8) is 0 Å². The van der Waals surface area contributed by atoms with Gasteiger partial charge < -0.3 is 16.2 Å². The summed E-state index contributed by atoms with van der Waals surface area (Å²) >= 11 is 0. The van der Waals surface area contributed by atoms with E-state index in [1.165, 1.54) is 0 Å². The first kappa shape index (κ1) is 14.3. The zero-order chi connectivity index (χ0) is 13.6. The smallest absolute Gasteiger partial charge is 0.101 e. The summed E-state index contributed by atoms with van der Waals surface area (Å²) in [6.45, 7) is 4.99. The Morgan fingerprint density at radius 1 is 1.39 bits per heavy atom. The predicted octanol–water partition coefficient (Wildman–Crippen LogP) is 2.35. The minimum absolute atomic E-state index is 0.103. The Kier molecular flexibility index (Phi) is 4.99. The quantitative estimate of drug-likeness (QED) is 0.674. The van der Waals surface area contributed by atoms with E-state index in [0.717, 1.165) is 18.5 Å². The number of hydrogen-bond acceptors (Lipinski definition) is 4. The molecule has 0 aromatic heterocycles. The molecule has 0 saturated heterocycles. The number of nitrogens with one attached hydrogen (secondary N) is 1. The first-order valence-corrected chi connectivity index (χ1v) is 6.25. The van der Waals surface area contributed by atoms with Gasteiger partial charge in [0.05, 0.1) is 12.2 Å². The van der Waals surface area contributed by atoms with E-state index in [1.807, 2.05) is 6.07 Å². The molecule has 0 fully saturated rings. The Labute approximate surface area is 108 Å². The molecule has 1 aromatic carbocycles. The summed E-state index contributed by atoms with van der Waals surface area (Å²) in [6.07, 6.45) is 1.82. The molecule has 18 heavy (non-hydrogen) atoms. The van der Waals surface area contributed by atoms with Crippen molar-refractivity contribution in [3.8, 4) is 6.07 Å². The highest BCUT2D eigenvalue weighted by Crippen LogP contribution is 2.26. The molecule has 0 aliphatic rings. The molecule has 0 atom stereocenters. The molecule has 0 aliphatic heterocycles. The van der Waals surface area contributed by atoms with E-state index in [-0.39, 0.29) is 12.0 Å². The summed E-state index contributed by atoms with van der Waals surface area (Å²) in [5.41, 5.74) is 7.39. The minimum atomic E-state index is -0.103. The predicted molar refractivity (Wildman–Crippen MR) is 74.2 cm³/mol. The molecule has 0 spiro atoms. The molecule has 1 rings (SSSR count). The lowest BCUT2D eigenvalue weighted by atomic mass is 9.83. The van der Waals surface area contributed by atoms with E-state index >= 15 is 0 Å². The van der Waals surface area contributed by atoms with Crippen LogP contribution in [0.5, 0.6) is 0 Å². The van der Waals surface area contributed by atoms with Gasteiger partial charge in [0.2, 0.25) is 0 Å². The largest absolute Gasteiger partial charge is 0.398 e. The molecule has 0 unspecified atom stereocenters. The maximum atomic E-state index is 9.49. The Balaban J connectivity index is 2.77. The van der Waals surface area contributed by atoms with E-state index in [4.69, 9.17) is 11.0 Å². The van der Waals surface area contributed by atoms with E-state index in [0.29, 0.717) is 17.8 Å². The number of benzene rings is 1. The second-order valence-electron chi connectivity index (χ2n) is 4.63. The number of nitrogens with zero attached hydrogens (tertiary/aromatic N) is 1. The van der Waals surface area contributed by atoms with Crippen molar-refractivity contribution >= 4 is 11.4 Å². The second kappa shape index (κ2) is 6.27. The maximum Gasteiger partial charge on any atom is 0.101 e. The first-order chi connectivity index (χ1) is 8.60. The van der Waals surface area contributed by atoms with Crippen LogP contribution < -0.4 is 11.1 Å². The van der Waals surface area contributed by atoms with Crippen molar-refractivity contribution < 1.29 is 5.11 Å². The third-order valence-corrected chi connectivity index (χ3v) is 3.68. The van der Waals surface area contributed by atoms with Crippen LogP contribution in [0.15, 0.2) is 18.2 Å². The first-order valence-electron chi connectivity index (χ1n) is 6.25. The molecule has 0 saturated carbocycles. The number of rotatable bonds is 6. The molecular formula is C14H21N3O. The van der Waals surface area contributed by atoms with Crippen molar-refractivity contribution in [3.05, 3.63) is 23.8 Å². The van der Waals surface area contributed by atoms with Gasteiger partial charge in [-0.25, -0.2) is 0 Å². The lowest BCUT2D eigenvalue weighted by Crippen LogP contribution is -2.32. The number of nitrogen functional groups attached to an aromatic ring is 1. The number of nitriles is 1. The van der Waals surface area contributed by atoms with E-state index < -0.39 is 0 Å². The molecule has 0 bridgehead atoms. The van der Waals surface area contributed by atoms with Crippen molar-refractivity contribution in [2.45, 2.75) is 26.7 Å². The summed E-state index contributed by atoms with van der Waals surface area (Å²) in [5, 5.41) is 21.7. The van der Waals surface area contributed by atoms with Crippen LogP contribution in [0.3, 0.4) is 0 Å². The highest BCUT2D eigenvalue weighted by atomic mass is 16.3. The fraction of sp³-hybridized carbons (Fsp3) is 0.500. The number of nitrogens with two attached hydrogens (primary N) is 1. The standard InChI is InChI=1S/C14H21N3O/c1-3-14(4-2,10-18)9-17-12-5-6-13(16)11(7-12)8-15/h5-7,17-18H,3-4,9-10,16H2,1-2H3. The summed E-state index contributed by atoms with van der Waals surface area (Å²) in [6, 6.07) is 7.37. The molecule has 4 nitrogen and oxygen atoms in total. The Morgan fingerprint density at radius 2 is 2.06 bits per heavy atom. The van der Waals surface area contributed by atoms with Crippen LogP contribution in [0.2, 0.25) is 0 Å². The van der Waals surface area contributed by atoms with Crippen LogP contribution in [0.25, 0.3) is 0 Å². The normalized spacial score (nSPS) is 11.0. The molecule has 1 aromatic rings. The van der Waals surface area contributed by atoms with Gasteiger partial charge in [-0.3, -0.25) is 0 Å². The van der Waals surface area contributed by atoms with E-state index in [1.54, 1.807) is 12.1 Å². The van der Waals surface area contributed by atoms with Gasteiger partial charge in [-0.05, 0) is 31.0 Å². The number of anilines is 2. The summed E-state index contributed by atoms with van der Waals surface area (Å²) < 4.78 is 0. The van der Waals surface area contributed by atoms with Crippen LogP contribution in [0, 0.1) is 16.7 Å². The monoisotopic (exact) mass is 247 g/mol. The zero-order valence-electron chi connectivity index (χ0n) is 11.0. The molecule has 0 heterocycles. The minimum Gasteiger partial charge on any atom is -0.398 e. The lowest BCUT2D eigenvalue weighted by Gasteiger charge is -2.30. The molecular weight excluding hydrogens is 226 g/mol. The van der Waals surface area contributed by atoms with Crippen LogP contribution in [-0.2, 0) is 0 Å². The summed E-state index contributed by atoms with van der Waals surface area (Å²) in [4.78, 5) is 0. The van der Waals surface area contributed by atoms with Crippen LogP contribution in [0.4, 0.5) is 11.4 Å². The SMILES string of the molecule is CCC(CC)(CO)CNc1ccc(N)c(C#N)c1. The number of aliphatic hydroxyl groups is 1. The maximum absolute atomic E-state index is 9.49. The van der Waals surface area contributed by atoms with Crippen molar-refractivity contribution in [2.24, 2.45) is 5.41 Å². The van der Waals surface area contributed by atoms with E-state index in [9.17, 15) is 5.11 Å². The number of aliphatic hydroxyl groups excluding tert-OH is 1. The van der Waals surface area contributed by atoms with Crippen LogP contribution >= 0.6 is 0 Å². The van der Waals surface area contributed by atoms with Crippen molar-refractivity contribution in [1.82, 2.24) is 0 Å². The Hall–Kier alpha value is -1.73. The van der Waals surface area contributed by atoms with Gasteiger partial charge in [-0.2, -0.15) is 5.26 Å². The molecule has 4 N–H and O–H groups in total. The van der Waals surface area contributed by atoms with Gasteiger partial charge in [0.25, 0.3) is 0 Å². The topological polar surface area (TPSA) is 82.1 Å². The highest BCUT2D eigenvalue weighted by molar-refractivity contribution is 5.61. The average molecular weight is 247 g/mol.